The van der Waals surface area contributed by atoms with E-state index >= 15 is 0 Å². The van der Waals surface area contributed by atoms with Gasteiger partial charge in [-0.2, -0.15) is 0 Å². The second-order valence-electron chi connectivity index (χ2n) is 4.66. The molecule has 0 unspecified atom stereocenters. The van der Waals surface area contributed by atoms with E-state index in [4.69, 9.17) is 9.84 Å². The lowest BCUT2D eigenvalue weighted by Crippen LogP contribution is -2.35. The molecular formula is C14H19NO3. The van der Waals surface area contributed by atoms with E-state index in [1.807, 2.05) is 25.1 Å². The van der Waals surface area contributed by atoms with Crippen LogP contribution in [-0.4, -0.2) is 42.2 Å². The summed E-state index contributed by atoms with van der Waals surface area (Å²) in [7, 11) is 1.56. The van der Waals surface area contributed by atoms with Crippen molar-refractivity contribution >= 4 is 5.91 Å². The Labute approximate surface area is 107 Å². The van der Waals surface area contributed by atoms with E-state index < -0.39 is 0 Å². The number of rotatable bonds is 5. The molecule has 0 spiro atoms. The first-order chi connectivity index (χ1) is 8.67. The third-order valence-corrected chi connectivity index (χ3v) is 3.17. The van der Waals surface area contributed by atoms with Crippen molar-refractivity contribution < 1.29 is 14.6 Å². The Balaban J connectivity index is 2.28. The molecule has 1 aliphatic carbocycles. The van der Waals surface area contributed by atoms with Gasteiger partial charge in [-0.15, -0.1) is 0 Å². The standard InChI is InChI=1S/C14H19NO3/c1-10-3-6-13(18-2)12(9-10)14(17)15(7-8-16)11-4-5-11/h3,6,9,11,16H,4-5,7-8H2,1-2H3. The number of amides is 1. The second-order valence-corrected chi connectivity index (χ2v) is 4.66. The number of hydrogen-bond donors (Lipinski definition) is 1. The quantitative estimate of drug-likeness (QED) is 0.862. The van der Waals surface area contributed by atoms with Gasteiger partial charge >= 0.3 is 0 Å². The highest BCUT2D eigenvalue weighted by Crippen LogP contribution is 2.30. The number of aliphatic hydroxyl groups excluding tert-OH is 1. The number of nitrogens with zero attached hydrogens (tertiary/aromatic N) is 1. The molecule has 2 rings (SSSR count). The number of ether oxygens (including phenoxy) is 1. The summed E-state index contributed by atoms with van der Waals surface area (Å²) < 4.78 is 5.24. The Hall–Kier alpha value is -1.55. The van der Waals surface area contributed by atoms with Crippen LogP contribution in [0.5, 0.6) is 5.75 Å². The van der Waals surface area contributed by atoms with Crippen LogP contribution in [0.1, 0.15) is 28.8 Å². The summed E-state index contributed by atoms with van der Waals surface area (Å²) in [5.41, 5.74) is 1.61. The fraction of sp³-hybridized carbons (Fsp3) is 0.500. The van der Waals surface area contributed by atoms with Gasteiger partial charge in [-0.05, 0) is 31.9 Å². The average Bonchev–Trinajstić information content (AvgIpc) is 3.19. The number of aliphatic hydroxyl groups is 1. The summed E-state index contributed by atoms with van der Waals surface area (Å²) in [5.74, 6) is 0.543. The van der Waals surface area contributed by atoms with Crippen molar-refractivity contribution in [1.29, 1.82) is 0 Å². The molecule has 0 atom stereocenters. The van der Waals surface area contributed by atoms with E-state index in [0.717, 1.165) is 18.4 Å². The van der Waals surface area contributed by atoms with E-state index in [9.17, 15) is 4.79 Å². The number of methoxy groups -OCH3 is 1. The number of hydrogen-bond acceptors (Lipinski definition) is 3. The van der Waals surface area contributed by atoms with E-state index in [1.54, 1.807) is 12.0 Å². The molecule has 0 aromatic heterocycles. The van der Waals surface area contributed by atoms with Crippen LogP contribution in [-0.2, 0) is 0 Å². The van der Waals surface area contributed by atoms with Crippen LogP contribution in [0.3, 0.4) is 0 Å². The fourth-order valence-electron chi connectivity index (χ4n) is 2.09. The molecule has 18 heavy (non-hydrogen) atoms. The maximum absolute atomic E-state index is 12.5. The summed E-state index contributed by atoms with van der Waals surface area (Å²) in [6.07, 6.45) is 2.06. The summed E-state index contributed by atoms with van der Waals surface area (Å²) in [5, 5.41) is 9.07. The molecule has 1 fully saturated rings. The van der Waals surface area contributed by atoms with Crippen LogP contribution in [0.4, 0.5) is 0 Å². The molecule has 0 radical (unpaired) electrons. The third-order valence-electron chi connectivity index (χ3n) is 3.17. The molecule has 1 aromatic rings. The van der Waals surface area contributed by atoms with Crippen molar-refractivity contribution in [1.82, 2.24) is 4.90 Å². The molecule has 0 aliphatic heterocycles. The number of benzene rings is 1. The summed E-state index contributed by atoms with van der Waals surface area (Å²) in [6.45, 7) is 2.33. The number of carbonyl (C=O) groups is 1. The minimum Gasteiger partial charge on any atom is -0.496 e. The van der Waals surface area contributed by atoms with Gasteiger partial charge in [-0.3, -0.25) is 4.79 Å². The molecule has 0 saturated heterocycles. The van der Waals surface area contributed by atoms with E-state index in [-0.39, 0.29) is 18.6 Å². The van der Waals surface area contributed by atoms with Gasteiger partial charge in [0.05, 0.1) is 19.3 Å². The van der Waals surface area contributed by atoms with Crippen LogP contribution < -0.4 is 4.74 Å². The van der Waals surface area contributed by atoms with E-state index in [0.29, 0.717) is 17.9 Å². The summed E-state index contributed by atoms with van der Waals surface area (Å²) >= 11 is 0. The zero-order chi connectivity index (χ0) is 13.1. The lowest BCUT2D eigenvalue weighted by atomic mass is 10.1. The first kappa shape index (κ1) is 12.9. The van der Waals surface area contributed by atoms with Crippen LogP contribution in [0, 0.1) is 6.92 Å². The molecule has 0 bridgehead atoms. The van der Waals surface area contributed by atoms with Gasteiger partial charge < -0.3 is 14.7 Å². The van der Waals surface area contributed by atoms with Gasteiger partial charge in [-0.25, -0.2) is 0 Å². The molecule has 1 amide bonds. The van der Waals surface area contributed by atoms with Crippen LogP contribution in [0.25, 0.3) is 0 Å². The maximum Gasteiger partial charge on any atom is 0.257 e. The highest BCUT2D eigenvalue weighted by atomic mass is 16.5. The first-order valence-corrected chi connectivity index (χ1v) is 6.24. The van der Waals surface area contributed by atoms with Crippen molar-refractivity contribution in [3.8, 4) is 5.75 Å². The highest BCUT2D eigenvalue weighted by molar-refractivity contribution is 5.97. The Kier molecular flexibility index (Phi) is 3.87. The number of aryl methyl sites for hydroxylation is 1. The van der Waals surface area contributed by atoms with Crippen LogP contribution in [0.2, 0.25) is 0 Å². The van der Waals surface area contributed by atoms with Crippen LogP contribution >= 0.6 is 0 Å². The Morgan fingerprint density at radius 2 is 2.22 bits per heavy atom. The second kappa shape index (κ2) is 5.40. The largest absolute Gasteiger partial charge is 0.496 e. The third kappa shape index (κ3) is 2.64. The van der Waals surface area contributed by atoms with Gasteiger partial charge in [0.25, 0.3) is 5.91 Å². The molecule has 1 aromatic carbocycles. The zero-order valence-corrected chi connectivity index (χ0v) is 10.8. The van der Waals surface area contributed by atoms with Crippen molar-refractivity contribution in [2.24, 2.45) is 0 Å². The van der Waals surface area contributed by atoms with Crippen molar-refractivity contribution in [2.45, 2.75) is 25.8 Å². The predicted octanol–water partition coefficient (Wildman–Crippen LogP) is 1.60. The molecule has 4 heteroatoms. The predicted molar refractivity (Wildman–Crippen MR) is 68.9 cm³/mol. The van der Waals surface area contributed by atoms with E-state index in [1.165, 1.54) is 0 Å². The average molecular weight is 249 g/mol. The van der Waals surface area contributed by atoms with Gasteiger partial charge in [0.2, 0.25) is 0 Å². The minimum atomic E-state index is -0.0490. The van der Waals surface area contributed by atoms with Gasteiger partial charge in [0.15, 0.2) is 0 Å². The normalized spacial score (nSPS) is 14.4. The monoisotopic (exact) mass is 249 g/mol. The molecular weight excluding hydrogens is 230 g/mol. The Bertz CT molecular complexity index is 441. The molecule has 0 heterocycles. The van der Waals surface area contributed by atoms with Gasteiger partial charge in [0, 0.05) is 12.6 Å². The van der Waals surface area contributed by atoms with E-state index in [2.05, 4.69) is 0 Å². The molecule has 1 saturated carbocycles. The van der Waals surface area contributed by atoms with Crippen molar-refractivity contribution in [3.05, 3.63) is 29.3 Å². The van der Waals surface area contributed by atoms with Crippen LogP contribution in [0.15, 0.2) is 18.2 Å². The SMILES string of the molecule is COc1ccc(C)cc1C(=O)N(CCO)C1CC1. The topological polar surface area (TPSA) is 49.8 Å². The molecule has 1 aliphatic rings. The fourth-order valence-corrected chi connectivity index (χ4v) is 2.09. The Morgan fingerprint density at radius 1 is 1.50 bits per heavy atom. The van der Waals surface area contributed by atoms with Crippen molar-refractivity contribution in [3.63, 3.8) is 0 Å². The molecule has 1 N–H and O–H groups in total. The summed E-state index contributed by atoms with van der Waals surface area (Å²) in [6, 6.07) is 5.86. The first-order valence-electron chi connectivity index (χ1n) is 6.24. The lowest BCUT2D eigenvalue weighted by Gasteiger charge is -2.22. The molecule has 4 nitrogen and oxygen atoms in total. The highest BCUT2D eigenvalue weighted by Gasteiger charge is 2.33. The van der Waals surface area contributed by atoms with Gasteiger partial charge in [-0.1, -0.05) is 11.6 Å². The van der Waals surface area contributed by atoms with Gasteiger partial charge in [0.1, 0.15) is 5.75 Å². The Morgan fingerprint density at radius 3 is 2.78 bits per heavy atom. The smallest absolute Gasteiger partial charge is 0.257 e. The molecule has 98 valence electrons. The number of carbonyl (C=O) groups excluding carboxylic acids is 1. The zero-order valence-electron chi connectivity index (χ0n) is 10.8. The maximum atomic E-state index is 12.5. The summed E-state index contributed by atoms with van der Waals surface area (Å²) in [4.78, 5) is 14.2. The minimum absolute atomic E-state index is 0.00360. The van der Waals surface area contributed by atoms with Crippen molar-refractivity contribution in [2.75, 3.05) is 20.3 Å². The lowest BCUT2D eigenvalue weighted by molar-refractivity contribution is 0.0704.